The van der Waals surface area contributed by atoms with Gasteiger partial charge in [0, 0.05) is 24.0 Å². The van der Waals surface area contributed by atoms with Crippen molar-refractivity contribution < 1.29 is 27.2 Å². The van der Waals surface area contributed by atoms with Crippen molar-refractivity contribution >= 4 is 75.3 Å². The fraction of sp³-hybridized carbons (Fsp3) is 0.300. The molecule has 34 heavy (non-hydrogen) atoms. The Kier molecular flexibility index (Phi) is 6.57. The number of hydrogen-bond donors (Lipinski definition) is 2. The van der Waals surface area contributed by atoms with Gasteiger partial charge in [0.1, 0.15) is 0 Å². The summed E-state index contributed by atoms with van der Waals surface area (Å²) in [6.45, 7) is 0. The summed E-state index contributed by atoms with van der Waals surface area (Å²) in [5.41, 5.74) is 1.85. The van der Waals surface area contributed by atoms with Gasteiger partial charge in [0.05, 0.1) is 37.4 Å². The summed E-state index contributed by atoms with van der Waals surface area (Å²) >= 11 is 29.3. The largest absolute Gasteiger partial charge is 0.435 e. The number of anilines is 1. The minimum absolute atomic E-state index is 0.0590. The molecule has 1 aliphatic heterocycles. The second-order valence-electron chi connectivity index (χ2n) is 7.71. The van der Waals surface area contributed by atoms with Crippen LogP contribution in [0.3, 0.4) is 0 Å². The van der Waals surface area contributed by atoms with E-state index in [0.29, 0.717) is 0 Å². The van der Waals surface area contributed by atoms with Crippen molar-refractivity contribution in [1.82, 2.24) is 5.43 Å². The first kappa shape index (κ1) is 25.4. The number of nitrogens with zero attached hydrogens (tertiary/aromatic N) is 1. The molecule has 1 saturated carbocycles. The molecule has 0 radical (unpaired) electrons. The van der Waals surface area contributed by atoms with Crippen LogP contribution in [0.4, 0.5) is 23.2 Å². The van der Waals surface area contributed by atoms with Crippen molar-refractivity contribution in [3.8, 4) is 0 Å². The van der Waals surface area contributed by atoms with E-state index in [9.17, 15) is 22.4 Å². The summed E-state index contributed by atoms with van der Waals surface area (Å²) in [7, 11) is 0. The van der Waals surface area contributed by atoms with Crippen LogP contribution in [0.25, 0.3) is 0 Å². The minimum Gasteiger partial charge on any atom is -0.374 e. The van der Waals surface area contributed by atoms with Gasteiger partial charge in [-0.1, -0.05) is 69.2 Å². The summed E-state index contributed by atoms with van der Waals surface area (Å²) in [4.78, 5) is 16.9. The molecular weight excluding hydrogens is 567 g/mol. The summed E-state index contributed by atoms with van der Waals surface area (Å²) in [5.74, 6) is -1.73. The first-order valence-electron chi connectivity index (χ1n) is 9.45. The number of hydrazine groups is 1. The Balaban J connectivity index is 1.59. The highest BCUT2D eigenvalue weighted by atomic mass is 35.5. The smallest absolute Gasteiger partial charge is 0.374 e. The SMILES string of the molecule is O=C(NNc1cc(C2=NOC(c3cc(Cl)c(Cl)c(Cl)c3)(C(F)(F)F)C2)ccc1Cl)C1CC1(F)Cl. The highest BCUT2D eigenvalue weighted by Gasteiger charge is 2.62. The van der Waals surface area contributed by atoms with Gasteiger partial charge in [0.2, 0.25) is 5.91 Å². The molecule has 14 heteroatoms. The van der Waals surface area contributed by atoms with Crippen LogP contribution in [0.15, 0.2) is 35.5 Å². The van der Waals surface area contributed by atoms with Gasteiger partial charge < -0.3 is 4.84 Å². The molecule has 5 nitrogen and oxygen atoms in total. The van der Waals surface area contributed by atoms with Crippen molar-refractivity contribution in [2.24, 2.45) is 11.1 Å². The zero-order valence-electron chi connectivity index (χ0n) is 16.5. The number of alkyl halides is 5. The Hall–Kier alpha value is -1.65. The molecule has 182 valence electrons. The van der Waals surface area contributed by atoms with Crippen LogP contribution in [0.2, 0.25) is 20.1 Å². The van der Waals surface area contributed by atoms with Gasteiger partial charge in [0.25, 0.3) is 5.60 Å². The van der Waals surface area contributed by atoms with Crippen LogP contribution in [0, 0.1) is 5.92 Å². The molecule has 2 N–H and O–H groups in total. The van der Waals surface area contributed by atoms with Crippen molar-refractivity contribution in [2.75, 3.05) is 5.43 Å². The van der Waals surface area contributed by atoms with Crippen LogP contribution in [-0.2, 0) is 15.2 Å². The Morgan fingerprint density at radius 3 is 2.26 bits per heavy atom. The van der Waals surface area contributed by atoms with E-state index >= 15 is 0 Å². The number of nitrogens with one attached hydrogen (secondary N) is 2. The van der Waals surface area contributed by atoms with Crippen LogP contribution < -0.4 is 10.9 Å². The van der Waals surface area contributed by atoms with Gasteiger partial charge in [0.15, 0.2) is 5.13 Å². The molecule has 2 aromatic carbocycles. The first-order chi connectivity index (χ1) is 15.7. The Morgan fingerprint density at radius 1 is 1.09 bits per heavy atom. The van der Waals surface area contributed by atoms with Crippen LogP contribution in [0.1, 0.15) is 24.0 Å². The van der Waals surface area contributed by atoms with Crippen molar-refractivity contribution in [3.05, 3.63) is 61.5 Å². The van der Waals surface area contributed by atoms with Gasteiger partial charge in [-0.15, -0.1) is 0 Å². The lowest BCUT2D eigenvalue weighted by atomic mass is 9.86. The van der Waals surface area contributed by atoms with E-state index in [4.69, 9.17) is 62.8 Å². The van der Waals surface area contributed by atoms with Crippen LogP contribution in [-0.4, -0.2) is 22.9 Å². The first-order valence-corrected chi connectivity index (χ1v) is 11.3. The third-order valence-corrected chi connectivity index (χ3v) is 7.34. The quantitative estimate of drug-likeness (QED) is 0.170. The molecule has 1 amide bonds. The molecule has 2 aliphatic rings. The maximum absolute atomic E-state index is 14.2. The highest BCUT2D eigenvalue weighted by molar-refractivity contribution is 6.48. The zero-order chi connectivity index (χ0) is 25.1. The molecule has 4 rings (SSSR count). The fourth-order valence-electron chi connectivity index (χ4n) is 3.36. The number of halogens is 9. The summed E-state index contributed by atoms with van der Waals surface area (Å²) in [6, 6.07) is 6.21. The molecule has 2 aromatic rings. The van der Waals surface area contributed by atoms with Crippen LogP contribution >= 0.6 is 58.0 Å². The lowest BCUT2D eigenvalue weighted by molar-refractivity contribution is -0.275. The van der Waals surface area contributed by atoms with E-state index in [1.54, 1.807) is 0 Å². The van der Waals surface area contributed by atoms with Crippen molar-refractivity contribution in [3.63, 3.8) is 0 Å². The zero-order valence-corrected chi connectivity index (χ0v) is 20.3. The van der Waals surface area contributed by atoms with Crippen molar-refractivity contribution in [1.29, 1.82) is 0 Å². The maximum atomic E-state index is 14.2. The highest BCUT2D eigenvalue weighted by Crippen LogP contribution is 2.52. The Labute approximate surface area is 215 Å². The fourth-order valence-corrected chi connectivity index (χ4v) is 4.38. The maximum Gasteiger partial charge on any atom is 0.435 e. The number of rotatable bonds is 5. The Bertz CT molecular complexity index is 1180. The van der Waals surface area contributed by atoms with Crippen molar-refractivity contribution in [2.45, 2.75) is 29.7 Å². The lowest BCUT2D eigenvalue weighted by Gasteiger charge is -2.30. The third-order valence-electron chi connectivity index (χ3n) is 5.40. The van der Waals surface area contributed by atoms with Gasteiger partial charge in [-0.05, 0) is 24.3 Å². The van der Waals surface area contributed by atoms with E-state index in [2.05, 4.69) is 16.0 Å². The summed E-state index contributed by atoms with van der Waals surface area (Å²) in [6.07, 6.45) is -5.75. The lowest BCUT2D eigenvalue weighted by Crippen LogP contribution is -2.42. The van der Waals surface area contributed by atoms with Gasteiger partial charge in [-0.25, -0.2) is 4.39 Å². The molecule has 1 fully saturated rings. The normalized spacial score (nSPS) is 26.0. The topological polar surface area (TPSA) is 62.7 Å². The number of oxime groups is 1. The second-order valence-corrected chi connectivity index (χ2v) is 9.94. The molecule has 3 atom stereocenters. The van der Waals surface area contributed by atoms with E-state index in [1.165, 1.54) is 18.2 Å². The van der Waals surface area contributed by atoms with Gasteiger partial charge in [-0.2, -0.15) is 13.2 Å². The molecule has 0 bridgehead atoms. The summed E-state index contributed by atoms with van der Waals surface area (Å²) in [5, 5.41) is 1.25. The average molecular weight is 580 g/mol. The molecular formula is C20H12Cl5F4N3O2. The molecule has 3 unspecified atom stereocenters. The van der Waals surface area contributed by atoms with Gasteiger partial charge in [-0.3, -0.25) is 15.6 Å². The van der Waals surface area contributed by atoms with E-state index in [1.807, 2.05) is 0 Å². The third kappa shape index (κ3) is 4.60. The summed E-state index contributed by atoms with van der Waals surface area (Å²) < 4.78 is 56.1. The predicted octanol–water partition coefficient (Wildman–Crippen LogP) is 7.25. The number of amides is 1. The standard InChI is InChI=1S/C20H12Cl5F4N3O2/c21-11-2-1-8(3-14(11)30-31-17(33)10-6-19(10,25)26)15-7-18(34-32-15,20(27,28)29)9-4-12(22)16(24)13(23)5-9/h1-5,10,30H,6-7H2,(H,31,33). The molecule has 0 aromatic heterocycles. The van der Waals surface area contributed by atoms with E-state index in [-0.39, 0.29) is 49.0 Å². The number of carbonyl (C=O) groups is 1. The second kappa shape index (κ2) is 8.78. The molecule has 1 aliphatic carbocycles. The number of carbonyl (C=O) groups excluding carboxylic acids is 1. The minimum atomic E-state index is -4.90. The monoisotopic (exact) mass is 577 g/mol. The van der Waals surface area contributed by atoms with Gasteiger partial charge >= 0.3 is 6.18 Å². The molecule has 0 saturated heterocycles. The Morgan fingerprint density at radius 2 is 1.71 bits per heavy atom. The molecule has 0 spiro atoms. The predicted molar refractivity (Wildman–Crippen MR) is 122 cm³/mol. The average Bonchev–Trinajstić information content (AvgIpc) is 3.17. The van der Waals surface area contributed by atoms with Crippen LogP contribution in [0.5, 0.6) is 0 Å². The number of hydrogen-bond acceptors (Lipinski definition) is 4. The van der Waals surface area contributed by atoms with E-state index in [0.717, 1.165) is 12.1 Å². The molecule has 1 heterocycles. The van der Waals surface area contributed by atoms with E-state index < -0.39 is 35.2 Å². The number of benzene rings is 2.